The molecule has 0 aliphatic rings. The van der Waals surface area contributed by atoms with Gasteiger partial charge in [-0.05, 0) is 43.3 Å². The minimum Gasteiger partial charge on any atom is -0.465 e. The molecule has 1 aromatic heterocycles. The number of nitrogens with zero attached hydrogens (tertiary/aromatic N) is 2. The number of ether oxygens (including phenoxy) is 1. The third-order valence-electron chi connectivity index (χ3n) is 3.49. The molecule has 132 valence electrons. The molecule has 0 radical (unpaired) electrons. The average molecular weight is 352 g/mol. The first-order valence-electron chi connectivity index (χ1n) is 7.87. The molecule has 0 saturated carbocycles. The Kier molecular flexibility index (Phi) is 5.07. The zero-order valence-electron chi connectivity index (χ0n) is 14.3. The van der Waals surface area contributed by atoms with Crippen molar-refractivity contribution < 1.29 is 13.9 Å². The van der Waals surface area contributed by atoms with E-state index in [9.17, 15) is 9.18 Å². The Bertz CT molecular complexity index is 946. The number of hydrogen-bond donors (Lipinski definition) is 2. The predicted molar refractivity (Wildman–Crippen MR) is 97.5 cm³/mol. The summed E-state index contributed by atoms with van der Waals surface area (Å²) in [6.07, 6.45) is 0. The second kappa shape index (κ2) is 7.60. The number of esters is 1. The SMILES string of the molecule is COC(=O)c1cccc(Nc2nc(C)cc(Nc3cccc(F)c3)n2)c1. The first-order valence-corrected chi connectivity index (χ1v) is 7.87. The van der Waals surface area contributed by atoms with E-state index in [1.165, 1.54) is 19.2 Å². The highest BCUT2D eigenvalue weighted by molar-refractivity contribution is 5.90. The molecule has 0 saturated heterocycles. The molecule has 0 bridgehead atoms. The highest BCUT2D eigenvalue weighted by atomic mass is 19.1. The molecule has 0 aliphatic carbocycles. The van der Waals surface area contributed by atoms with Gasteiger partial charge in [0.05, 0.1) is 12.7 Å². The third kappa shape index (κ3) is 4.32. The molecule has 26 heavy (non-hydrogen) atoms. The van der Waals surface area contributed by atoms with Crippen molar-refractivity contribution in [1.82, 2.24) is 9.97 Å². The van der Waals surface area contributed by atoms with E-state index in [2.05, 4.69) is 20.6 Å². The van der Waals surface area contributed by atoms with Gasteiger partial charge in [-0.3, -0.25) is 0 Å². The fourth-order valence-corrected chi connectivity index (χ4v) is 2.37. The minimum absolute atomic E-state index is 0.334. The number of aryl methyl sites for hydroxylation is 1. The maximum Gasteiger partial charge on any atom is 0.337 e. The number of carbonyl (C=O) groups excluding carboxylic acids is 1. The van der Waals surface area contributed by atoms with Crippen LogP contribution >= 0.6 is 0 Å². The molecule has 0 fully saturated rings. The van der Waals surface area contributed by atoms with Gasteiger partial charge in [0.1, 0.15) is 11.6 Å². The Balaban J connectivity index is 1.83. The average Bonchev–Trinajstić information content (AvgIpc) is 2.60. The maximum absolute atomic E-state index is 13.3. The van der Waals surface area contributed by atoms with E-state index in [1.807, 2.05) is 6.92 Å². The van der Waals surface area contributed by atoms with E-state index in [4.69, 9.17) is 4.74 Å². The summed E-state index contributed by atoms with van der Waals surface area (Å²) >= 11 is 0. The third-order valence-corrected chi connectivity index (χ3v) is 3.49. The molecule has 2 N–H and O–H groups in total. The Labute approximate surface area is 150 Å². The van der Waals surface area contributed by atoms with E-state index < -0.39 is 5.97 Å². The van der Waals surface area contributed by atoms with Crippen LogP contribution in [0.1, 0.15) is 16.1 Å². The molecule has 0 aliphatic heterocycles. The van der Waals surface area contributed by atoms with Gasteiger partial charge in [0.2, 0.25) is 5.95 Å². The van der Waals surface area contributed by atoms with Gasteiger partial charge < -0.3 is 15.4 Å². The monoisotopic (exact) mass is 352 g/mol. The number of halogens is 1. The lowest BCUT2D eigenvalue weighted by molar-refractivity contribution is 0.0601. The van der Waals surface area contributed by atoms with Gasteiger partial charge in [-0.1, -0.05) is 12.1 Å². The number of aromatic nitrogens is 2. The van der Waals surface area contributed by atoms with Crippen molar-refractivity contribution in [2.24, 2.45) is 0 Å². The molecule has 0 amide bonds. The lowest BCUT2D eigenvalue weighted by atomic mass is 10.2. The largest absolute Gasteiger partial charge is 0.465 e. The number of anilines is 4. The van der Waals surface area contributed by atoms with Crippen LogP contribution in [0, 0.1) is 12.7 Å². The van der Waals surface area contributed by atoms with Gasteiger partial charge in [-0.25, -0.2) is 14.2 Å². The van der Waals surface area contributed by atoms with Crippen LogP contribution in [0.25, 0.3) is 0 Å². The van der Waals surface area contributed by atoms with E-state index in [1.54, 1.807) is 42.5 Å². The summed E-state index contributed by atoms with van der Waals surface area (Å²) in [4.78, 5) is 20.3. The summed E-state index contributed by atoms with van der Waals surface area (Å²) in [6.45, 7) is 1.83. The van der Waals surface area contributed by atoms with Crippen LogP contribution in [-0.4, -0.2) is 23.0 Å². The molecule has 6 nitrogen and oxygen atoms in total. The highest BCUT2D eigenvalue weighted by Crippen LogP contribution is 2.20. The molecule has 2 aromatic carbocycles. The van der Waals surface area contributed by atoms with Crippen LogP contribution in [0.2, 0.25) is 0 Å². The smallest absolute Gasteiger partial charge is 0.337 e. The van der Waals surface area contributed by atoms with Crippen LogP contribution in [0.4, 0.5) is 27.5 Å². The molecular weight excluding hydrogens is 335 g/mol. The Morgan fingerprint density at radius 3 is 2.46 bits per heavy atom. The first-order chi connectivity index (χ1) is 12.5. The van der Waals surface area contributed by atoms with Crippen LogP contribution in [0.3, 0.4) is 0 Å². The number of carbonyl (C=O) groups is 1. The number of nitrogens with one attached hydrogen (secondary N) is 2. The molecule has 3 aromatic rings. The maximum atomic E-state index is 13.3. The van der Waals surface area contributed by atoms with Crippen LogP contribution in [0.5, 0.6) is 0 Å². The van der Waals surface area contributed by atoms with Crippen molar-refractivity contribution in [3.05, 3.63) is 71.7 Å². The molecule has 0 unspecified atom stereocenters. The summed E-state index contributed by atoms with van der Waals surface area (Å²) in [7, 11) is 1.33. The summed E-state index contributed by atoms with van der Waals surface area (Å²) in [5, 5.41) is 6.10. The zero-order chi connectivity index (χ0) is 18.5. The minimum atomic E-state index is -0.424. The standard InChI is InChI=1S/C19H17FN4O2/c1-12-9-17(22-16-8-4-6-14(20)11-16)24-19(21-12)23-15-7-3-5-13(10-15)18(25)26-2/h3-11H,1-2H3,(H2,21,22,23,24). The fraction of sp³-hybridized carbons (Fsp3) is 0.105. The van der Waals surface area contributed by atoms with Gasteiger partial charge in [0.15, 0.2) is 0 Å². The van der Waals surface area contributed by atoms with Gasteiger partial charge in [-0.15, -0.1) is 0 Å². The molecule has 7 heteroatoms. The summed E-state index contributed by atoms with van der Waals surface area (Å²) < 4.78 is 18.0. The quantitative estimate of drug-likeness (QED) is 0.670. The molecule has 0 spiro atoms. The van der Waals surface area contributed by atoms with E-state index in [0.717, 1.165) is 5.69 Å². The van der Waals surface area contributed by atoms with Gasteiger partial charge in [0, 0.05) is 23.1 Å². The molecule has 3 rings (SSSR count). The highest BCUT2D eigenvalue weighted by Gasteiger charge is 2.08. The summed E-state index contributed by atoms with van der Waals surface area (Å²) in [5.41, 5.74) is 2.38. The Morgan fingerprint density at radius 2 is 1.73 bits per heavy atom. The van der Waals surface area contributed by atoms with Crippen LogP contribution < -0.4 is 10.6 Å². The summed E-state index contributed by atoms with van der Waals surface area (Å²) in [5.74, 6) is 0.117. The van der Waals surface area contributed by atoms with Crippen molar-refractivity contribution in [3.8, 4) is 0 Å². The van der Waals surface area contributed by atoms with E-state index >= 15 is 0 Å². The van der Waals surface area contributed by atoms with E-state index in [0.29, 0.717) is 28.7 Å². The number of rotatable bonds is 5. The first kappa shape index (κ1) is 17.3. The molecular formula is C19H17FN4O2. The number of methoxy groups -OCH3 is 1. The normalized spacial score (nSPS) is 10.3. The van der Waals surface area contributed by atoms with Crippen LogP contribution in [-0.2, 0) is 4.74 Å². The van der Waals surface area contributed by atoms with Crippen molar-refractivity contribution in [3.63, 3.8) is 0 Å². The fourth-order valence-electron chi connectivity index (χ4n) is 2.37. The lowest BCUT2D eigenvalue weighted by Crippen LogP contribution is -2.04. The van der Waals surface area contributed by atoms with Crippen molar-refractivity contribution in [1.29, 1.82) is 0 Å². The van der Waals surface area contributed by atoms with Crippen LogP contribution in [0.15, 0.2) is 54.6 Å². The summed E-state index contributed by atoms with van der Waals surface area (Å²) in [6, 6.07) is 14.7. The van der Waals surface area contributed by atoms with Crippen molar-refractivity contribution in [2.75, 3.05) is 17.7 Å². The zero-order valence-corrected chi connectivity index (χ0v) is 14.3. The van der Waals surface area contributed by atoms with Gasteiger partial charge in [0.25, 0.3) is 0 Å². The predicted octanol–water partition coefficient (Wildman–Crippen LogP) is 4.20. The second-order valence-corrected chi connectivity index (χ2v) is 5.55. The Morgan fingerprint density at radius 1 is 1.00 bits per heavy atom. The second-order valence-electron chi connectivity index (χ2n) is 5.55. The van der Waals surface area contributed by atoms with Gasteiger partial charge >= 0.3 is 5.97 Å². The number of benzene rings is 2. The molecule has 0 atom stereocenters. The van der Waals surface area contributed by atoms with Crippen molar-refractivity contribution >= 4 is 29.1 Å². The number of hydrogen-bond acceptors (Lipinski definition) is 6. The Hall–Kier alpha value is -3.48. The molecule has 1 heterocycles. The topological polar surface area (TPSA) is 76.1 Å². The lowest BCUT2D eigenvalue weighted by Gasteiger charge is -2.10. The van der Waals surface area contributed by atoms with Gasteiger partial charge in [-0.2, -0.15) is 4.98 Å². The van der Waals surface area contributed by atoms with Crippen molar-refractivity contribution in [2.45, 2.75) is 6.92 Å². The van der Waals surface area contributed by atoms with E-state index in [-0.39, 0.29) is 5.82 Å².